The normalized spacial score (nSPS) is 23.7. The molecule has 2 fully saturated rings. The quantitative estimate of drug-likeness (QED) is 0.507. The molecule has 2 aliphatic rings. The summed E-state index contributed by atoms with van der Waals surface area (Å²) < 4.78 is 5.54. The first-order chi connectivity index (χ1) is 13.5. The summed E-state index contributed by atoms with van der Waals surface area (Å²) in [6.45, 7) is 13.8. The predicted octanol–water partition coefficient (Wildman–Crippen LogP) is 1.69. The van der Waals surface area contributed by atoms with E-state index in [-0.39, 0.29) is 5.92 Å². The van der Waals surface area contributed by atoms with Gasteiger partial charge in [-0.3, -0.25) is 14.7 Å². The molecular formula is C21H41N5O2. The van der Waals surface area contributed by atoms with Crippen molar-refractivity contribution < 1.29 is 9.53 Å². The first-order valence-electron chi connectivity index (χ1n) is 11.1. The van der Waals surface area contributed by atoms with Crippen LogP contribution in [0.5, 0.6) is 0 Å². The van der Waals surface area contributed by atoms with E-state index < -0.39 is 0 Å². The zero-order valence-corrected chi connectivity index (χ0v) is 18.5. The molecule has 0 aromatic rings. The molecule has 162 valence electrons. The van der Waals surface area contributed by atoms with Crippen molar-refractivity contribution in [2.24, 2.45) is 10.9 Å². The van der Waals surface area contributed by atoms with Crippen LogP contribution >= 0.6 is 0 Å². The predicted molar refractivity (Wildman–Crippen MR) is 115 cm³/mol. The Labute approximate surface area is 171 Å². The molecule has 7 heteroatoms. The Bertz CT molecular complexity index is 501. The topological polar surface area (TPSA) is 69.2 Å². The first-order valence-corrected chi connectivity index (χ1v) is 11.1. The summed E-state index contributed by atoms with van der Waals surface area (Å²) in [5.41, 5.74) is 0. The van der Waals surface area contributed by atoms with Crippen LogP contribution in [0.4, 0.5) is 0 Å². The van der Waals surface area contributed by atoms with Gasteiger partial charge in [0.2, 0.25) is 5.91 Å². The molecule has 2 saturated heterocycles. The van der Waals surface area contributed by atoms with Crippen molar-refractivity contribution in [1.82, 2.24) is 20.4 Å². The lowest BCUT2D eigenvalue weighted by molar-refractivity contribution is -0.136. The number of rotatable bonds is 7. The smallest absolute Gasteiger partial charge is 0.225 e. The maximum absolute atomic E-state index is 12.6. The van der Waals surface area contributed by atoms with Gasteiger partial charge >= 0.3 is 0 Å². The van der Waals surface area contributed by atoms with Crippen LogP contribution in [0.25, 0.3) is 0 Å². The lowest BCUT2D eigenvalue weighted by Crippen LogP contribution is -2.54. The molecule has 0 aromatic heterocycles. The maximum Gasteiger partial charge on any atom is 0.225 e. The van der Waals surface area contributed by atoms with Crippen LogP contribution < -0.4 is 10.6 Å². The number of piperidine rings is 1. The molecule has 0 spiro atoms. The van der Waals surface area contributed by atoms with Gasteiger partial charge in [-0.2, -0.15) is 0 Å². The zero-order valence-electron chi connectivity index (χ0n) is 18.5. The minimum Gasteiger partial charge on any atom is -0.379 e. The Morgan fingerprint density at radius 3 is 2.46 bits per heavy atom. The molecule has 0 bridgehead atoms. The lowest BCUT2D eigenvalue weighted by Gasteiger charge is -2.38. The molecule has 0 aliphatic carbocycles. The van der Waals surface area contributed by atoms with E-state index in [1.807, 2.05) is 11.9 Å². The van der Waals surface area contributed by atoms with Crippen LogP contribution in [-0.4, -0.2) is 86.2 Å². The van der Waals surface area contributed by atoms with E-state index in [0.717, 1.165) is 71.0 Å². The summed E-state index contributed by atoms with van der Waals surface area (Å²) in [4.78, 5) is 21.5. The molecule has 2 aliphatic heterocycles. The third-order valence-corrected chi connectivity index (χ3v) is 6.26. The number of likely N-dealkylation sites (tertiary alicyclic amines) is 1. The van der Waals surface area contributed by atoms with Crippen LogP contribution in [0.2, 0.25) is 0 Å². The molecule has 0 radical (unpaired) electrons. The largest absolute Gasteiger partial charge is 0.379 e. The van der Waals surface area contributed by atoms with Crippen molar-refractivity contribution in [2.75, 3.05) is 46.4 Å². The van der Waals surface area contributed by atoms with Crippen molar-refractivity contribution in [3.63, 3.8) is 0 Å². The maximum atomic E-state index is 12.6. The summed E-state index contributed by atoms with van der Waals surface area (Å²) in [6.07, 6.45) is 3.82. The summed E-state index contributed by atoms with van der Waals surface area (Å²) in [5, 5.41) is 7.03. The first kappa shape index (κ1) is 22.9. The summed E-state index contributed by atoms with van der Waals surface area (Å²) in [5.74, 6) is 1.37. The Morgan fingerprint density at radius 1 is 1.21 bits per heavy atom. The number of ether oxygens (including phenoxy) is 1. The highest BCUT2D eigenvalue weighted by atomic mass is 16.5. The molecule has 1 amide bonds. The average Bonchev–Trinajstić information content (AvgIpc) is 2.72. The van der Waals surface area contributed by atoms with Crippen molar-refractivity contribution in [1.29, 1.82) is 0 Å². The highest BCUT2D eigenvalue weighted by Crippen LogP contribution is 2.17. The van der Waals surface area contributed by atoms with Gasteiger partial charge < -0.3 is 20.3 Å². The number of hydrogen-bond donors (Lipinski definition) is 2. The number of morpholine rings is 1. The number of aliphatic imine (C=N–C) groups is 1. The Balaban J connectivity index is 1.74. The second-order valence-corrected chi connectivity index (χ2v) is 8.22. The van der Waals surface area contributed by atoms with Gasteiger partial charge in [-0.05, 0) is 39.5 Å². The highest BCUT2D eigenvalue weighted by Gasteiger charge is 2.27. The van der Waals surface area contributed by atoms with Crippen molar-refractivity contribution in [3.8, 4) is 0 Å². The molecule has 2 N–H and O–H groups in total. The van der Waals surface area contributed by atoms with Crippen LogP contribution in [-0.2, 0) is 9.53 Å². The summed E-state index contributed by atoms with van der Waals surface area (Å²) in [6, 6.07) is 1.25. The minimum atomic E-state index is 0.183. The van der Waals surface area contributed by atoms with Gasteiger partial charge in [0.1, 0.15) is 0 Å². The van der Waals surface area contributed by atoms with Crippen molar-refractivity contribution in [3.05, 3.63) is 0 Å². The van der Waals surface area contributed by atoms with Gasteiger partial charge in [-0.25, -0.2) is 0 Å². The minimum absolute atomic E-state index is 0.183. The Hall–Kier alpha value is -1.34. The monoisotopic (exact) mass is 395 g/mol. The van der Waals surface area contributed by atoms with E-state index >= 15 is 0 Å². The van der Waals surface area contributed by atoms with Crippen LogP contribution in [0.15, 0.2) is 4.99 Å². The van der Waals surface area contributed by atoms with E-state index in [0.29, 0.717) is 24.0 Å². The van der Waals surface area contributed by atoms with Gasteiger partial charge in [0.25, 0.3) is 0 Å². The number of nitrogens with zero attached hydrogens (tertiary/aromatic N) is 3. The van der Waals surface area contributed by atoms with E-state index in [2.05, 4.69) is 48.2 Å². The van der Waals surface area contributed by atoms with Crippen LogP contribution in [0.3, 0.4) is 0 Å². The van der Waals surface area contributed by atoms with Crippen LogP contribution in [0, 0.1) is 5.92 Å². The van der Waals surface area contributed by atoms with Crippen molar-refractivity contribution >= 4 is 11.9 Å². The number of amides is 1. The molecule has 0 aromatic carbocycles. The molecule has 2 heterocycles. The molecule has 28 heavy (non-hydrogen) atoms. The zero-order chi connectivity index (χ0) is 20.5. The third kappa shape index (κ3) is 6.34. The number of nitrogens with one attached hydrogen (secondary N) is 2. The second-order valence-electron chi connectivity index (χ2n) is 8.22. The third-order valence-electron chi connectivity index (χ3n) is 6.26. The molecular weight excluding hydrogens is 354 g/mol. The fraction of sp³-hybridized carbons (Fsp3) is 0.905. The van der Waals surface area contributed by atoms with Gasteiger partial charge in [0, 0.05) is 57.3 Å². The SMILES string of the molecule is CCC(CC)C(=O)N1CCC(NC(=NC)NCC(C)N2CCOCC2C)CC1. The Kier molecular flexibility index (Phi) is 9.51. The van der Waals surface area contributed by atoms with Crippen LogP contribution in [0.1, 0.15) is 53.4 Å². The Morgan fingerprint density at radius 2 is 1.89 bits per heavy atom. The fourth-order valence-electron chi connectivity index (χ4n) is 4.28. The van der Waals surface area contributed by atoms with Gasteiger partial charge in [-0.1, -0.05) is 13.8 Å². The standard InChI is InChI=1S/C21H41N5O2/c1-6-18(7-2)20(27)25-10-8-19(9-11-25)24-21(22-5)23-14-16(3)26-12-13-28-15-17(26)4/h16-19H,6-15H2,1-5H3,(H2,22,23,24). The van der Waals surface area contributed by atoms with Gasteiger partial charge in [0.15, 0.2) is 5.96 Å². The van der Waals surface area contributed by atoms with E-state index in [9.17, 15) is 4.79 Å². The molecule has 7 nitrogen and oxygen atoms in total. The van der Waals surface area contributed by atoms with Crippen molar-refractivity contribution in [2.45, 2.75) is 71.5 Å². The van der Waals surface area contributed by atoms with Gasteiger partial charge in [0.05, 0.1) is 13.2 Å². The number of guanidine groups is 1. The average molecular weight is 396 g/mol. The summed E-state index contributed by atoms with van der Waals surface area (Å²) >= 11 is 0. The summed E-state index contributed by atoms with van der Waals surface area (Å²) in [7, 11) is 1.82. The van der Waals surface area contributed by atoms with Gasteiger partial charge in [-0.15, -0.1) is 0 Å². The molecule has 2 atom stereocenters. The van der Waals surface area contributed by atoms with E-state index in [1.54, 1.807) is 0 Å². The number of carbonyl (C=O) groups is 1. The molecule has 0 saturated carbocycles. The second kappa shape index (κ2) is 11.6. The fourth-order valence-corrected chi connectivity index (χ4v) is 4.28. The van der Waals surface area contributed by atoms with E-state index in [4.69, 9.17) is 4.74 Å². The number of hydrogen-bond acceptors (Lipinski definition) is 4. The lowest BCUT2D eigenvalue weighted by atomic mass is 9.98. The molecule has 2 rings (SSSR count). The van der Waals surface area contributed by atoms with E-state index in [1.165, 1.54) is 0 Å². The molecule has 2 unspecified atom stereocenters. The highest BCUT2D eigenvalue weighted by molar-refractivity contribution is 5.80. The number of carbonyl (C=O) groups excluding carboxylic acids is 1.